The maximum absolute atomic E-state index is 18.4. The summed E-state index contributed by atoms with van der Waals surface area (Å²) in [7, 11) is -4.81. The molecule has 4 aromatic rings. The second-order valence-electron chi connectivity index (χ2n) is 23.0. The molecule has 7 rings (SSSR count). The van der Waals surface area contributed by atoms with E-state index in [-0.39, 0.29) is 97.8 Å². The van der Waals surface area contributed by atoms with Crippen LogP contribution in [0, 0.1) is 34.6 Å². The van der Waals surface area contributed by atoms with E-state index in [1.807, 2.05) is 25.7 Å². The number of phenolic OH excluding ortho intramolecular Hbond substituents is 1. The fraction of sp³-hybridized carbons (Fsp3) is 0.607. The van der Waals surface area contributed by atoms with Crippen LogP contribution in [-0.4, -0.2) is 122 Å². The average molecular weight is 1010 g/mol. The fourth-order valence-corrected chi connectivity index (χ4v) is 22.8. The van der Waals surface area contributed by atoms with Crippen molar-refractivity contribution in [3.63, 3.8) is 0 Å². The van der Waals surface area contributed by atoms with Crippen molar-refractivity contribution >= 4 is 49.7 Å². The molecule has 0 spiro atoms. The molecule has 1 N–H and O–H groups in total. The molecule has 3 fully saturated rings. The summed E-state index contributed by atoms with van der Waals surface area (Å²) in [6, 6.07) is 5.57. The molecule has 11 nitrogen and oxygen atoms in total. The Labute approximate surface area is 423 Å². The SMILES string of the molecule is CC(C)[Si](C#Cc1c(F)ccc2cc(O)cc(-c3nc(C#C[Si](C(C)C)(C(C)C)C(C)C)c4c(N5CC6CCC(C5)N6C(=O)OC(C)(C)C)nc(OCCN5CCOCC5)nc4c3F)c12)(C(C)C)C(C)C. The Kier molecular flexibility index (Phi) is 16.2. The summed E-state index contributed by atoms with van der Waals surface area (Å²) in [6.45, 7) is 36.7. The van der Waals surface area contributed by atoms with Gasteiger partial charge in [0.1, 0.15) is 62.6 Å². The predicted octanol–water partition coefficient (Wildman–Crippen LogP) is 12.3. The fourth-order valence-electron chi connectivity index (χ4n) is 12.4. The van der Waals surface area contributed by atoms with Crippen LogP contribution in [0.15, 0.2) is 24.3 Å². The molecule has 0 aliphatic carbocycles. The van der Waals surface area contributed by atoms with Crippen molar-refractivity contribution in [2.24, 2.45) is 0 Å². The predicted molar refractivity (Wildman–Crippen MR) is 288 cm³/mol. The number of phenols is 1. The van der Waals surface area contributed by atoms with Gasteiger partial charge in [-0.1, -0.05) is 101 Å². The van der Waals surface area contributed by atoms with Crippen molar-refractivity contribution in [3.05, 3.63) is 47.2 Å². The number of ether oxygens (including phenoxy) is 3. The molecule has 3 saturated heterocycles. The zero-order valence-corrected chi connectivity index (χ0v) is 47.0. The minimum Gasteiger partial charge on any atom is -0.508 e. The number of halogens is 2. The molecular formula is C56H78F2N6O5Si2. The van der Waals surface area contributed by atoms with Gasteiger partial charge >= 0.3 is 12.1 Å². The van der Waals surface area contributed by atoms with E-state index in [9.17, 15) is 9.90 Å². The number of piperazine rings is 1. The number of benzene rings is 2. The highest BCUT2D eigenvalue weighted by Crippen LogP contribution is 2.45. The van der Waals surface area contributed by atoms with E-state index in [4.69, 9.17) is 29.2 Å². The summed E-state index contributed by atoms with van der Waals surface area (Å²) < 4.78 is 52.9. The van der Waals surface area contributed by atoms with Crippen LogP contribution in [-0.2, 0) is 9.47 Å². The molecule has 1 amide bonds. The van der Waals surface area contributed by atoms with Gasteiger partial charge in [0.05, 0.1) is 36.2 Å². The standard InChI is InChI=1S/C56H78F2N6O5Si2/c1-34(2)70(35(3)4,36(5)6)28-20-44-46(57)19-16-40-30-43(65)31-45(48(40)44)51-50(58)52-49(47(59-51)21-29-71(37(7)8,38(9)10)39(11)12)53(61-54(60-52)68-27-24-62-22-25-67-26-23-62)63-32-41-17-18-42(33-63)64(41)55(66)69-56(13,14)15/h16,19,30-31,34-39,41-42,65H,17-18,22-27,32-33H2,1-15H3. The molecule has 2 atom stereocenters. The monoisotopic (exact) mass is 1010 g/mol. The van der Waals surface area contributed by atoms with Crippen molar-refractivity contribution in [1.82, 2.24) is 24.8 Å². The third-order valence-corrected chi connectivity index (χ3v) is 28.3. The maximum Gasteiger partial charge on any atom is 0.410 e. The molecule has 2 unspecified atom stereocenters. The lowest BCUT2D eigenvalue weighted by molar-refractivity contribution is 0.0122. The molecule has 2 bridgehead atoms. The minimum atomic E-state index is -2.44. The molecular weight excluding hydrogens is 931 g/mol. The van der Waals surface area contributed by atoms with Crippen molar-refractivity contribution in [2.75, 3.05) is 57.4 Å². The second-order valence-corrected chi connectivity index (χ2v) is 34.1. The zero-order chi connectivity index (χ0) is 51.9. The summed E-state index contributed by atoms with van der Waals surface area (Å²) in [6.07, 6.45) is 1.18. The lowest BCUT2D eigenvalue weighted by Crippen LogP contribution is -2.57. The van der Waals surface area contributed by atoms with Gasteiger partial charge in [-0.25, -0.2) is 18.6 Å². The summed E-state index contributed by atoms with van der Waals surface area (Å²) >= 11 is 0. The number of pyridine rings is 1. The lowest BCUT2D eigenvalue weighted by Gasteiger charge is -2.42. The van der Waals surface area contributed by atoms with Crippen LogP contribution in [0.2, 0.25) is 33.2 Å². The summed E-state index contributed by atoms with van der Waals surface area (Å²) in [5, 5.41) is 12.6. The number of fused-ring (bicyclic) bond motifs is 4. The van der Waals surface area contributed by atoms with Gasteiger partial charge in [-0.2, -0.15) is 9.97 Å². The number of aromatic hydroxyl groups is 1. The first-order valence-electron chi connectivity index (χ1n) is 26.0. The van der Waals surface area contributed by atoms with Crippen molar-refractivity contribution in [1.29, 1.82) is 0 Å². The Bertz CT molecular complexity index is 2690. The lowest BCUT2D eigenvalue weighted by atomic mass is 9.95. The highest BCUT2D eigenvalue weighted by atomic mass is 28.3. The third-order valence-electron chi connectivity index (χ3n) is 15.7. The topological polar surface area (TPSA) is 113 Å². The van der Waals surface area contributed by atoms with Crippen LogP contribution in [0.25, 0.3) is 32.9 Å². The van der Waals surface area contributed by atoms with Gasteiger partial charge in [-0.3, -0.25) is 9.80 Å². The quantitative estimate of drug-likeness (QED) is 0.109. The summed E-state index contributed by atoms with van der Waals surface area (Å²) in [4.78, 5) is 35.1. The Morgan fingerprint density at radius 1 is 0.803 bits per heavy atom. The van der Waals surface area contributed by atoms with Gasteiger partial charge in [0, 0.05) is 43.7 Å². The molecule has 2 aromatic heterocycles. The summed E-state index contributed by atoms with van der Waals surface area (Å²) in [5.74, 6) is 5.89. The first-order valence-corrected chi connectivity index (χ1v) is 30.5. The Hall–Kier alpha value is -4.81. The third kappa shape index (κ3) is 10.7. The zero-order valence-electron chi connectivity index (χ0n) is 45.0. The van der Waals surface area contributed by atoms with E-state index < -0.39 is 33.4 Å². The number of carbonyl (C=O) groups is 1. The molecule has 3 aliphatic rings. The van der Waals surface area contributed by atoms with Gasteiger partial charge in [0.2, 0.25) is 0 Å². The van der Waals surface area contributed by atoms with E-state index in [2.05, 4.69) is 116 Å². The van der Waals surface area contributed by atoms with Crippen LogP contribution >= 0.6 is 0 Å². The smallest absolute Gasteiger partial charge is 0.410 e. The first kappa shape index (κ1) is 54.0. The van der Waals surface area contributed by atoms with Gasteiger partial charge in [-0.15, -0.1) is 11.1 Å². The van der Waals surface area contributed by atoms with Gasteiger partial charge in [0.15, 0.2) is 5.82 Å². The highest BCUT2D eigenvalue weighted by Gasteiger charge is 2.46. The molecule has 2 aromatic carbocycles. The van der Waals surface area contributed by atoms with E-state index in [0.717, 1.165) is 25.9 Å². The van der Waals surface area contributed by atoms with Crippen molar-refractivity contribution in [2.45, 2.75) is 168 Å². The Morgan fingerprint density at radius 3 is 1.92 bits per heavy atom. The molecule has 384 valence electrons. The van der Waals surface area contributed by atoms with Crippen LogP contribution in [0.5, 0.6) is 11.8 Å². The van der Waals surface area contributed by atoms with Gasteiger partial charge in [-0.05, 0) is 90.4 Å². The van der Waals surface area contributed by atoms with Crippen molar-refractivity contribution in [3.8, 4) is 45.9 Å². The molecule has 15 heteroatoms. The maximum atomic E-state index is 18.4. The Morgan fingerprint density at radius 2 is 1.37 bits per heavy atom. The molecule has 3 aliphatic heterocycles. The number of rotatable bonds is 12. The molecule has 0 saturated carbocycles. The van der Waals surface area contributed by atoms with E-state index in [0.29, 0.717) is 54.8 Å². The largest absolute Gasteiger partial charge is 0.508 e. The van der Waals surface area contributed by atoms with Crippen molar-refractivity contribution < 1.29 is 32.9 Å². The number of nitrogens with zero attached hydrogens (tertiary/aromatic N) is 6. The van der Waals surface area contributed by atoms with Gasteiger partial charge in [0.25, 0.3) is 0 Å². The first-order chi connectivity index (χ1) is 33.4. The number of aromatic nitrogens is 3. The Balaban J connectivity index is 1.53. The number of anilines is 1. The summed E-state index contributed by atoms with van der Waals surface area (Å²) in [5.41, 5.74) is 8.95. The molecule has 0 radical (unpaired) electrons. The van der Waals surface area contributed by atoms with E-state index in [1.165, 1.54) is 12.1 Å². The highest BCUT2D eigenvalue weighted by molar-refractivity contribution is 6.91. The number of hydrogen-bond acceptors (Lipinski definition) is 10. The number of hydrogen-bond donors (Lipinski definition) is 1. The number of carbonyl (C=O) groups excluding carboxylic acids is 1. The second kappa shape index (κ2) is 21.3. The van der Waals surface area contributed by atoms with Crippen LogP contribution in [0.1, 0.15) is 128 Å². The normalized spacial score (nSPS) is 18.1. The van der Waals surface area contributed by atoms with E-state index in [1.54, 1.807) is 12.1 Å². The minimum absolute atomic E-state index is 0.0105. The number of amides is 1. The van der Waals surface area contributed by atoms with Gasteiger partial charge < -0.3 is 24.2 Å². The van der Waals surface area contributed by atoms with Crippen LogP contribution in [0.4, 0.5) is 19.4 Å². The van der Waals surface area contributed by atoms with Crippen LogP contribution < -0.4 is 9.64 Å². The number of morpholine rings is 1. The molecule has 71 heavy (non-hydrogen) atoms. The molecule has 5 heterocycles. The van der Waals surface area contributed by atoms with E-state index >= 15 is 8.78 Å². The van der Waals surface area contributed by atoms with Crippen LogP contribution in [0.3, 0.4) is 0 Å². The average Bonchev–Trinajstić information content (AvgIpc) is 3.55.